The lowest BCUT2D eigenvalue weighted by atomic mass is 10.1. The summed E-state index contributed by atoms with van der Waals surface area (Å²) >= 11 is 0. The molecule has 1 amide bonds. The lowest BCUT2D eigenvalue weighted by Crippen LogP contribution is -2.38. The molecule has 18 heavy (non-hydrogen) atoms. The Morgan fingerprint density at radius 1 is 1.33 bits per heavy atom. The van der Waals surface area contributed by atoms with Gasteiger partial charge in [0.1, 0.15) is 0 Å². The van der Waals surface area contributed by atoms with E-state index in [1.807, 2.05) is 27.7 Å². The van der Waals surface area contributed by atoms with Crippen molar-refractivity contribution >= 4 is 5.91 Å². The number of nitrogens with one attached hydrogen (secondary N) is 1. The molecule has 0 saturated heterocycles. The highest BCUT2D eigenvalue weighted by Gasteiger charge is 2.52. The van der Waals surface area contributed by atoms with Gasteiger partial charge in [-0.25, -0.2) is 0 Å². The third-order valence-electron chi connectivity index (χ3n) is 2.52. The fraction of sp³-hybridized carbons (Fsp3) is 0.917. The van der Waals surface area contributed by atoms with Crippen LogP contribution in [0, 0.1) is 11.3 Å². The summed E-state index contributed by atoms with van der Waals surface area (Å²) in [6.07, 6.45) is -3.73. The first-order chi connectivity index (χ1) is 8.25. The van der Waals surface area contributed by atoms with E-state index in [-0.39, 0.29) is 11.8 Å². The third-order valence-corrected chi connectivity index (χ3v) is 2.52. The topological polar surface area (TPSA) is 38.3 Å². The van der Waals surface area contributed by atoms with Crippen molar-refractivity contribution in [1.29, 1.82) is 0 Å². The molecule has 1 aliphatic rings. The summed E-state index contributed by atoms with van der Waals surface area (Å²) in [7, 11) is 0. The van der Waals surface area contributed by atoms with E-state index in [1.165, 1.54) is 0 Å². The summed E-state index contributed by atoms with van der Waals surface area (Å²) in [5.41, 5.74) is -0.940. The smallest absolute Gasteiger partial charge is 0.355 e. The summed E-state index contributed by atoms with van der Waals surface area (Å²) in [4.78, 5) is 11.6. The Kier molecular flexibility index (Phi) is 6.67. The Morgan fingerprint density at radius 3 is 2.17 bits per heavy atom. The number of amides is 1. The molecule has 0 aromatic heterocycles. The first-order valence-electron chi connectivity index (χ1n) is 6.24. The Bertz CT molecular complexity index is 261. The monoisotopic (exact) mass is 269 g/mol. The Morgan fingerprint density at radius 2 is 1.83 bits per heavy atom. The first-order valence-corrected chi connectivity index (χ1v) is 6.24. The van der Waals surface area contributed by atoms with E-state index in [0.29, 0.717) is 19.4 Å². The van der Waals surface area contributed by atoms with Gasteiger partial charge in [-0.05, 0) is 18.8 Å². The quantitative estimate of drug-likeness (QED) is 0.833. The predicted molar refractivity (Wildman–Crippen MR) is 62.9 cm³/mol. The van der Waals surface area contributed by atoms with Crippen LogP contribution in [0.4, 0.5) is 13.2 Å². The number of halogens is 3. The molecular weight excluding hydrogens is 247 g/mol. The van der Waals surface area contributed by atoms with Crippen LogP contribution in [-0.2, 0) is 9.53 Å². The van der Waals surface area contributed by atoms with Crippen molar-refractivity contribution in [2.24, 2.45) is 11.3 Å². The van der Waals surface area contributed by atoms with Gasteiger partial charge in [0.05, 0.1) is 12.0 Å². The van der Waals surface area contributed by atoms with Gasteiger partial charge in [0.15, 0.2) is 0 Å². The van der Waals surface area contributed by atoms with E-state index >= 15 is 0 Å². The second kappa shape index (κ2) is 6.97. The maximum absolute atomic E-state index is 11.8. The minimum Gasteiger partial charge on any atom is -0.355 e. The van der Waals surface area contributed by atoms with Crippen molar-refractivity contribution in [3.63, 3.8) is 0 Å². The molecule has 0 spiro atoms. The van der Waals surface area contributed by atoms with Crippen molar-refractivity contribution in [3.05, 3.63) is 0 Å². The fourth-order valence-electron chi connectivity index (χ4n) is 1.29. The number of ether oxygens (including phenoxy) is 1. The normalized spacial score (nSPS) is 16.9. The minimum absolute atomic E-state index is 0.281. The van der Waals surface area contributed by atoms with Crippen molar-refractivity contribution in [3.8, 4) is 0 Å². The molecule has 0 aromatic carbocycles. The first kappa shape index (κ1) is 17.2. The van der Waals surface area contributed by atoms with Crippen molar-refractivity contribution in [1.82, 2.24) is 5.32 Å². The SMILES string of the molecule is CC.CC(C)CNC(=O)C1(COC(F)(F)F)CC1. The van der Waals surface area contributed by atoms with Crippen molar-refractivity contribution < 1.29 is 22.7 Å². The average molecular weight is 269 g/mol. The Hall–Kier alpha value is -0.780. The zero-order chi connectivity index (χ0) is 14.4. The second-order valence-corrected chi connectivity index (χ2v) is 4.62. The molecule has 1 rings (SSSR count). The van der Waals surface area contributed by atoms with Gasteiger partial charge in [0.25, 0.3) is 0 Å². The zero-order valence-corrected chi connectivity index (χ0v) is 11.4. The molecule has 1 saturated carbocycles. The summed E-state index contributed by atoms with van der Waals surface area (Å²) in [6, 6.07) is 0. The van der Waals surface area contributed by atoms with Gasteiger partial charge in [0.2, 0.25) is 5.91 Å². The minimum atomic E-state index is -4.66. The van der Waals surface area contributed by atoms with Crippen LogP contribution < -0.4 is 5.32 Å². The molecule has 0 aromatic rings. The third kappa shape index (κ3) is 6.23. The van der Waals surface area contributed by atoms with Crippen molar-refractivity contribution in [2.75, 3.05) is 13.2 Å². The van der Waals surface area contributed by atoms with Gasteiger partial charge in [-0.15, -0.1) is 13.2 Å². The Balaban J connectivity index is 0.00000137. The number of carbonyl (C=O) groups is 1. The fourth-order valence-corrected chi connectivity index (χ4v) is 1.29. The zero-order valence-electron chi connectivity index (χ0n) is 11.4. The molecule has 0 radical (unpaired) electrons. The summed E-state index contributed by atoms with van der Waals surface area (Å²) < 4.78 is 39.2. The predicted octanol–water partition coefficient (Wildman–Crippen LogP) is 3.10. The van der Waals surface area contributed by atoms with E-state index in [0.717, 1.165) is 0 Å². The lowest BCUT2D eigenvalue weighted by molar-refractivity contribution is -0.328. The highest BCUT2D eigenvalue weighted by molar-refractivity contribution is 5.85. The highest BCUT2D eigenvalue weighted by Crippen LogP contribution is 2.47. The number of rotatable bonds is 5. The van der Waals surface area contributed by atoms with E-state index in [9.17, 15) is 18.0 Å². The molecule has 0 aliphatic heterocycles. The van der Waals surface area contributed by atoms with Crippen LogP contribution in [0.25, 0.3) is 0 Å². The van der Waals surface area contributed by atoms with Gasteiger partial charge in [-0.3, -0.25) is 9.53 Å². The number of alkyl halides is 3. The average Bonchev–Trinajstić information content (AvgIpc) is 3.06. The van der Waals surface area contributed by atoms with Crippen LogP contribution in [0.1, 0.15) is 40.5 Å². The van der Waals surface area contributed by atoms with Gasteiger partial charge >= 0.3 is 6.36 Å². The van der Waals surface area contributed by atoms with Crippen LogP contribution in [0.2, 0.25) is 0 Å². The largest absolute Gasteiger partial charge is 0.522 e. The molecule has 0 heterocycles. The molecule has 108 valence electrons. The molecule has 1 N–H and O–H groups in total. The van der Waals surface area contributed by atoms with Gasteiger partial charge in [-0.2, -0.15) is 0 Å². The van der Waals surface area contributed by atoms with E-state index in [4.69, 9.17) is 0 Å². The number of carbonyl (C=O) groups excluding carboxylic acids is 1. The maximum atomic E-state index is 11.8. The molecule has 0 atom stereocenters. The van der Waals surface area contributed by atoms with Gasteiger partial charge in [0, 0.05) is 6.54 Å². The maximum Gasteiger partial charge on any atom is 0.522 e. The summed E-state index contributed by atoms with van der Waals surface area (Å²) in [5, 5.41) is 2.63. The summed E-state index contributed by atoms with van der Waals surface area (Å²) in [5.74, 6) is -0.0475. The number of hydrogen-bond acceptors (Lipinski definition) is 2. The van der Waals surface area contributed by atoms with Gasteiger partial charge < -0.3 is 5.32 Å². The second-order valence-electron chi connectivity index (χ2n) is 4.62. The number of hydrogen-bond donors (Lipinski definition) is 1. The summed E-state index contributed by atoms with van der Waals surface area (Å²) in [6.45, 7) is 7.76. The standard InChI is InChI=1S/C10H16F3NO2.C2H6/c1-7(2)5-14-8(15)9(3-4-9)6-16-10(11,12)13;1-2/h7H,3-6H2,1-2H3,(H,14,15);1-2H3. The lowest BCUT2D eigenvalue weighted by Gasteiger charge is -2.17. The van der Waals surface area contributed by atoms with Crippen LogP contribution >= 0.6 is 0 Å². The molecule has 1 fully saturated rings. The van der Waals surface area contributed by atoms with Gasteiger partial charge in [-0.1, -0.05) is 27.7 Å². The van der Waals surface area contributed by atoms with E-state index < -0.39 is 18.4 Å². The van der Waals surface area contributed by atoms with Crippen LogP contribution in [0.3, 0.4) is 0 Å². The van der Waals surface area contributed by atoms with Crippen LogP contribution in [0.5, 0.6) is 0 Å². The van der Waals surface area contributed by atoms with Crippen LogP contribution in [-0.4, -0.2) is 25.4 Å². The molecule has 1 aliphatic carbocycles. The van der Waals surface area contributed by atoms with Crippen LogP contribution in [0.15, 0.2) is 0 Å². The van der Waals surface area contributed by atoms with Crippen molar-refractivity contribution in [2.45, 2.75) is 46.9 Å². The molecular formula is C12H22F3NO2. The van der Waals surface area contributed by atoms with E-state index in [2.05, 4.69) is 10.1 Å². The molecule has 0 unspecified atom stereocenters. The molecule has 3 nitrogen and oxygen atoms in total. The van der Waals surface area contributed by atoms with E-state index in [1.54, 1.807) is 0 Å². The molecule has 0 bridgehead atoms. The Labute approximate surface area is 106 Å². The molecule has 6 heteroatoms. The highest BCUT2D eigenvalue weighted by atomic mass is 19.4.